The van der Waals surface area contributed by atoms with Gasteiger partial charge in [0.15, 0.2) is 28.8 Å². The Hall–Kier alpha value is -3.68. The molecule has 172 valence electrons. The summed E-state index contributed by atoms with van der Waals surface area (Å²) in [4.78, 5) is 26.0. The molecule has 0 fully saturated rings. The van der Waals surface area contributed by atoms with E-state index in [1.807, 2.05) is 30.3 Å². The van der Waals surface area contributed by atoms with E-state index >= 15 is 0 Å². The molecule has 1 amide bonds. The van der Waals surface area contributed by atoms with Crippen LogP contribution in [-0.4, -0.2) is 39.8 Å². The molecule has 0 aromatic heterocycles. The Morgan fingerprint density at radius 2 is 1.58 bits per heavy atom. The number of amides is 1. The van der Waals surface area contributed by atoms with Crippen LogP contribution in [0.3, 0.4) is 0 Å². The zero-order chi connectivity index (χ0) is 23.1. The highest BCUT2D eigenvalue weighted by Crippen LogP contribution is 2.47. The van der Waals surface area contributed by atoms with Crippen LogP contribution >= 0.6 is 0 Å². The van der Waals surface area contributed by atoms with Crippen molar-refractivity contribution in [2.45, 2.75) is 31.1 Å². The van der Waals surface area contributed by atoms with Crippen molar-refractivity contribution in [3.63, 3.8) is 0 Å². The second kappa shape index (κ2) is 8.35. The van der Waals surface area contributed by atoms with E-state index in [2.05, 4.69) is 5.32 Å². The molecule has 3 aliphatic rings. The van der Waals surface area contributed by atoms with E-state index < -0.39 is 0 Å². The zero-order valence-corrected chi connectivity index (χ0v) is 18.7. The highest BCUT2D eigenvalue weighted by Gasteiger charge is 2.39. The summed E-state index contributed by atoms with van der Waals surface area (Å²) in [6.07, 6.45) is 1.08. The minimum atomic E-state index is -0.309. The van der Waals surface area contributed by atoms with E-state index in [0.717, 1.165) is 11.1 Å². The van der Waals surface area contributed by atoms with Gasteiger partial charge in [0.2, 0.25) is 18.4 Å². The van der Waals surface area contributed by atoms with E-state index in [9.17, 15) is 9.59 Å². The van der Waals surface area contributed by atoms with Crippen LogP contribution in [0.4, 0.5) is 0 Å². The molecule has 0 bridgehead atoms. The van der Waals surface area contributed by atoms with E-state index in [1.165, 1.54) is 0 Å². The maximum atomic E-state index is 13.4. The summed E-state index contributed by atoms with van der Waals surface area (Å²) in [5.41, 5.74) is 3.13. The van der Waals surface area contributed by atoms with Gasteiger partial charge in [-0.15, -0.1) is 0 Å². The molecule has 1 aliphatic carbocycles. The molecule has 0 spiro atoms. The molecule has 2 aliphatic heterocycles. The summed E-state index contributed by atoms with van der Waals surface area (Å²) in [6.45, 7) is 0.174. The van der Waals surface area contributed by atoms with Gasteiger partial charge in [0.05, 0.1) is 21.3 Å². The first kappa shape index (κ1) is 21.2. The van der Waals surface area contributed by atoms with Crippen molar-refractivity contribution in [1.29, 1.82) is 0 Å². The number of ketones is 1. The van der Waals surface area contributed by atoms with Gasteiger partial charge in [-0.3, -0.25) is 9.59 Å². The van der Waals surface area contributed by atoms with Crippen LogP contribution in [0.25, 0.3) is 0 Å². The summed E-state index contributed by atoms with van der Waals surface area (Å²) in [7, 11) is 4.67. The maximum absolute atomic E-state index is 13.4. The molecular formula is C25H25NO7. The van der Waals surface area contributed by atoms with Crippen LogP contribution < -0.4 is 29.0 Å². The molecule has 0 radical (unpaired) electrons. The summed E-state index contributed by atoms with van der Waals surface area (Å²) in [5, 5.41) is 2.96. The van der Waals surface area contributed by atoms with Gasteiger partial charge in [0, 0.05) is 30.0 Å². The van der Waals surface area contributed by atoms with Crippen molar-refractivity contribution in [2.24, 2.45) is 0 Å². The Balaban J connectivity index is 1.51. The van der Waals surface area contributed by atoms with Crippen LogP contribution in [0.1, 0.15) is 42.2 Å². The third-order valence-corrected chi connectivity index (χ3v) is 6.49. The number of hydrogen-bond acceptors (Lipinski definition) is 7. The summed E-state index contributed by atoms with van der Waals surface area (Å²) in [5.74, 6) is 2.37. The lowest BCUT2D eigenvalue weighted by molar-refractivity contribution is -0.122. The number of carbonyl (C=O) groups excluding carboxylic acids is 2. The van der Waals surface area contributed by atoms with Crippen molar-refractivity contribution in [1.82, 2.24) is 5.32 Å². The second-order valence-electron chi connectivity index (χ2n) is 8.30. The Morgan fingerprint density at radius 1 is 0.848 bits per heavy atom. The van der Waals surface area contributed by atoms with Gasteiger partial charge >= 0.3 is 0 Å². The smallest absolute Gasteiger partial charge is 0.231 e. The molecule has 2 aromatic rings. The fourth-order valence-corrected chi connectivity index (χ4v) is 4.95. The van der Waals surface area contributed by atoms with Gasteiger partial charge in [-0.05, 0) is 47.7 Å². The number of carbonyl (C=O) groups is 2. The van der Waals surface area contributed by atoms with Gasteiger partial charge in [-0.25, -0.2) is 0 Å². The van der Waals surface area contributed by atoms with Gasteiger partial charge < -0.3 is 29.0 Å². The monoisotopic (exact) mass is 451 g/mol. The number of fused-ring (bicyclic) bond motifs is 1. The average molecular weight is 451 g/mol. The second-order valence-corrected chi connectivity index (χ2v) is 8.30. The Morgan fingerprint density at radius 3 is 2.27 bits per heavy atom. The summed E-state index contributed by atoms with van der Waals surface area (Å²) < 4.78 is 27.3. The van der Waals surface area contributed by atoms with Crippen molar-refractivity contribution < 1.29 is 33.3 Å². The SMILES string of the molecule is COc1cc([C@@H]2CC(=O)C3=C(C2)NC(=O)C[C@@H]3c2ccc3c(c2)OCO3)cc(OC)c1OC. The quantitative estimate of drug-likeness (QED) is 0.744. The van der Waals surface area contributed by atoms with E-state index in [4.69, 9.17) is 23.7 Å². The fourth-order valence-electron chi connectivity index (χ4n) is 4.95. The predicted octanol–water partition coefficient (Wildman–Crippen LogP) is 3.45. The maximum Gasteiger partial charge on any atom is 0.231 e. The van der Waals surface area contributed by atoms with Gasteiger partial charge in [-0.1, -0.05) is 6.07 Å². The van der Waals surface area contributed by atoms with Crippen LogP contribution in [0.5, 0.6) is 28.7 Å². The molecule has 2 heterocycles. The van der Waals surface area contributed by atoms with Crippen molar-refractivity contribution in [3.05, 3.63) is 52.7 Å². The normalized spacial score (nSPS) is 21.4. The van der Waals surface area contributed by atoms with Gasteiger partial charge in [-0.2, -0.15) is 0 Å². The molecule has 0 saturated heterocycles. The Kier molecular flexibility index (Phi) is 5.36. The number of nitrogens with one attached hydrogen (secondary N) is 1. The van der Waals surface area contributed by atoms with E-state index in [1.54, 1.807) is 21.3 Å². The van der Waals surface area contributed by atoms with E-state index in [-0.39, 0.29) is 36.7 Å². The molecule has 2 atom stereocenters. The van der Waals surface area contributed by atoms with Gasteiger partial charge in [0.25, 0.3) is 0 Å². The number of benzene rings is 2. The lowest BCUT2D eigenvalue weighted by Crippen LogP contribution is -2.38. The molecule has 0 saturated carbocycles. The number of Topliss-reactive ketones (excluding diaryl/α,β-unsaturated/α-hetero) is 1. The minimum absolute atomic E-state index is 0.0256. The molecule has 8 heteroatoms. The number of rotatable bonds is 5. The third-order valence-electron chi connectivity index (χ3n) is 6.49. The summed E-state index contributed by atoms with van der Waals surface area (Å²) in [6, 6.07) is 9.33. The molecule has 0 unspecified atom stereocenters. The fraction of sp³-hybridized carbons (Fsp3) is 0.360. The standard InChI is InChI=1S/C25H25NO7/c1-29-21-9-15(10-22(30-2)25(21)31-3)14-6-17-24(18(27)7-14)16(11-23(28)26-17)13-4-5-19-20(8-13)33-12-32-19/h4-5,8-10,14,16H,6-7,11-12H2,1-3H3,(H,26,28)/t14-,16+/m0/s1. The lowest BCUT2D eigenvalue weighted by atomic mass is 9.73. The largest absolute Gasteiger partial charge is 0.493 e. The van der Waals surface area contributed by atoms with E-state index in [0.29, 0.717) is 52.9 Å². The summed E-state index contributed by atoms with van der Waals surface area (Å²) >= 11 is 0. The van der Waals surface area contributed by atoms with Crippen LogP contribution in [0.2, 0.25) is 0 Å². The third kappa shape index (κ3) is 3.65. The van der Waals surface area contributed by atoms with Crippen LogP contribution in [0.15, 0.2) is 41.6 Å². The predicted molar refractivity (Wildman–Crippen MR) is 118 cm³/mol. The Labute approximate surface area is 191 Å². The van der Waals surface area contributed by atoms with Crippen LogP contribution in [0, 0.1) is 0 Å². The molecule has 8 nitrogen and oxygen atoms in total. The Bertz CT molecular complexity index is 1140. The highest BCUT2D eigenvalue weighted by atomic mass is 16.7. The number of allylic oxidation sites excluding steroid dienone is 2. The van der Waals surface area contributed by atoms with Crippen LogP contribution in [-0.2, 0) is 9.59 Å². The van der Waals surface area contributed by atoms with Crippen molar-refractivity contribution >= 4 is 11.7 Å². The highest BCUT2D eigenvalue weighted by molar-refractivity contribution is 6.02. The number of ether oxygens (including phenoxy) is 5. The molecule has 2 aromatic carbocycles. The lowest BCUT2D eigenvalue weighted by Gasteiger charge is -2.34. The minimum Gasteiger partial charge on any atom is -0.493 e. The first-order chi connectivity index (χ1) is 16.0. The first-order valence-electron chi connectivity index (χ1n) is 10.8. The molecule has 5 rings (SSSR count). The molecule has 1 N–H and O–H groups in total. The van der Waals surface area contributed by atoms with Crippen molar-refractivity contribution in [2.75, 3.05) is 28.1 Å². The zero-order valence-electron chi connectivity index (χ0n) is 18.7. The molecular weight excluding hydrogens is 426 g/mol. The topological polar surface area (TPSA) is 92.3 Å². The number of hydrogen-bond donors (Lipinski definition) is 1. The average Bonchev–Trinajstić information content (AvgIpc) is 3.30. The molecule has 33 heavy (non-hydrogen) atoms. The van der Waals surface area contributed by atoms with Gasteiger partial charge in [0.1, 0.15) is 0 Å². The number of methoxy groups -OCH3 is 3. The first-order valence-corrected chi connectivity index (χ1v) is 10.8. The van der Waals surface area contributed by atoms with Crippen molar-refractivity contribution in [3.8, 4) is 28.7 Å².